The van der Waals surface area contributed by atoms with Crippen molar-refractivity contribution in [2.75, 3.05) is 13.1 Å². The monoisotopic (exact) mass is 244 g/mol. The number of hydrogen-bond donors (Lipinski definition) is 0. The van der Waals surface area contributed by atoms with Crippen LogP contribution >= 0.6 is 0 Å². The van der Waals surface area contributed by atoms with Gasteiger partial charge in [-0.3, -0.25) is 0 Å². The summed E-state index contributed by atoms with van der Waals surface area (Å²) in [6.45, 7) is 5.50. The van der Waals surface area contributed by atoms with E-state index in [0.29, 0.717) is 0 Å². The fourth-order valence-corrected chi connectivity index (χ4v) is 2.62. The highest BCUT2D eigenvalue weighted by Crippen LogP contribution is 2.15. The number of aromatic nitrogens is 1. The maximum Gasteiger partial charge on any atom is 0.263 e. The van der Waals surface area contributed by atoms with E-state index in [1.165, 1.54) is 18.3 Å². The van der Waals surface area contributed by atoms with Crippen molar-refractivity contribution in [3.05, 3.63) is 36.8 Å². The van der Waals surface area contributed by atoms with Crippen molar-refractivity contribution in [3.63, 3.8) is 0 Å². The first kappa shape index (κ1) is 12.8. The molecule has 0 N–H and O–H groups in total. The summed E-state index contributed by atoms with van der Waals surface area (Å²) >= 11 is 0. The Hall–Kier alpha value is -1.27. The van der Waals surface area contributed by atoms with Crippen LogP contribution in [-0.4, -0.2) is 30.8 Å². The minimum absolute atomic E-state index is 0.134. The van der Waals surface area contributed by atoms with E-state index in [4.69, 9.17) is 0 Å². The second-order valence-electron chi connectivity index (χ2n) is 3.03. The van der Waals surface area contributed by atoms with Gasteiger partial charge in [-0.15, -0.1) is 6.58 Å². The minimum atomic E-state index is -3.87. The molecule has 4 nitrogen and oxygen atoms in total. The molecular weight excluding hydrogens is 231 g/mol. The SMILES string of the molecule is C=CCN(CC)S(=O)(=O)c1ncccc1F. The molecule has 0 aliphatic heterocycles. The number of nitrogens with zero attached hydrogens (tertiary/aromatic N) is 2. The van der Waals surface area contributed by atoms with Crippen molar-refractivity contribution in [3.8, 4) is 0 Å². The van der Waals surface area contributed by atoms with Gasteiger partial charge in [0.05, 0.1) is 0 Å². The quantitative estimate of drug-likeness (QED) is 0.736. The molecule has 0 aliphatic carbocycles. The van der Waals surface area contributed by atoms with Crippen LogP contribution in [0.1, 0.15) is 6.92 Å². The van der Waals surface area contributed by atoms with E-state index in [2.05, 4.69) is 11.6 Å². The van der Waals surface area contributed by atoms with Crippen molar-refractivity contribution in [1.82, 2.24) is 9.29 Å². The van der Waals surface area contributed by atoms with Crippen molar-refractivity contribution in [2.45, 2.75) is 11.9 Å². The van der Waals surface area contributed by atoms with E-state index in [1.54, 1.807) is 6.92 Å². The summed E-state index contributed by atoms with van der Waals surface area (Å²) in [6, 6.07) is 2.42. The first-order chi connectivity index (χ1) is 7.54. The number of sulfonamides is 1. The summed E-state index contributed by atoms with van der Waals surface area (Å²) in [7, 11) is -3.87. The van der Waals surface area contributed by atoms with Crippen LogP contribution < -0.4 is 0 Å². The summed E-state index contributed by atoms with van der Waals surface area (Å²) in [5.41, 5.74) is 0. The highest BCUT2D eigenvalue weighted by Gasteiger charge is 2.26. The average molecular weight is 244 g/mol. The Balaban J connectivity index is 3.20. The predicted molar refractivity (Wildman–Crippen MR) is 58.8 cm³/mol. The van der Waals surface area contributed by atoms with Crippen LogP contribution in [0.15, 0.2) is 36.0 Å². The van der Waals surface area contributed by atoms with Gasteiger partial charge in [0.2, 0.25) is 5.03 Å². The van der Waals surface area contributed by atoms with Crippen LogP contribution in [0.2, 0.25) is 0 Å². The Morgan fingerprint density at radius 1 is 1.62 bits per heavy atom. The molecular formula is C10H13FN2O2S. The van der Waals surface area contributed by atoms with Crippen LogP contribution in [0.3, 0.4) is 0 Å². The summed E-state index contributed by atoms with van der Waals surface area (Å²) in [5, 5.41) is -0.543. The topological polar surface area (TPSA) is 50.3 Å². The van der Waals surface area contributed by atoms with Crippen LogP contribution in [0, 0.1) is 5.82 Å². The van der Waals surface area contributed by atoms with Crippen LogP contribution in [-0.2, 0) is 10.0 Å². The third-order valence-electron chi connectivity index (χ3n) is 1.99. The molecule has 0 saturated carbocycles. The number of pyridine rings is 1. The molecule has 0 radical (unpaired) electrons. The van der Waals surface area contributed by atoms with Crippen molar-refractivity contribution < 1.29 is 12.8 Å². The minimum Gasteiger partial charge on any atom is -0.241 e. The number of halogens is 1. The number of hydrogen-bond acceptors (Lipinski definition) is 3. The van der Waals surface area contributed by atoms with E-state index in [0.717, 1.165) is 10.4 Å². The molecule has 0 amide bonds. The van der Waals surface area contributed by atoms with Gasteiger partial charge in [-0.25, -0.2) is 17.8 Å². The van der Waals surface area contributed by atoms with Gasteiger partial charge in [0.15, 0.2) is 5.82 Å². The standard InChI is InChI=1S/C10H13FN2O2S/c1-3-8-13(4-2)16(14,15)10-9(11)6-5-7-12-10/h3,5-7H,1,4,8H2,2H3. The molecule has 1 heterocycles. The van der Waals surface area contributed by atoms with E-state index >= 15 is 0 Å². The maximum absolute atomic E-state index is 13.3. The lowest BCUT2D eigenvalue weighted by atomic mass is 10.5. The van der Waals surface area contributed by atoms with E-state index in [9.17, 15) is 12.8 Å². The highest BCUT2D eigenvalue weighted by atomic mass is 32.2. The third-order valence-corrected chi connectivity index (χ3v) is 3.87. The second kappa shape index (κ2) is 5.18. The predicted octanol–water partition coefficient (Wildman–Crippen LogP) is 1.42. The molecule has 0 saturated heterocycles. The molecule has 0 bridgehead atoms. The van der Waals surface area contributed by atoms with Gasteiger partial charge in [-0.2, -0.15) is 4.31 Å². The second-order valence-corrected chi connectivity index (χ2v) is 4.89. The zero-order valence-corrected chi connectivity index (χ0v) is 9.74. The Kier molecular flexibility index (Phi) is 4.14. The lowest BCUT2D eigenvalue weighted by molar-refractivity contribution is 0.449. The van der Waals surface area contributed by atoms with Crippen LogP contribution in [0.5, 0.6) is 0 Å². The molecule has 16 heavy (non-hydrogen) atoms. The molecule has 0 fully saturated rings. The summed E-state index contributed by atoms with van der Waals surface area (Å²) < 4.78 is 38.3. The van der Waals surface area contributed by atoms with Crippen molar-refractivity contribution in [2.24, 2.45) is 0 Å². The third kappa shape index (κ3) is 2.45. The van der Waals surface area contributed by atoms with Gasteiger partial charge in [0.1, 0.15) is 0 Å². The lowest BCUT2D eigenvalue weighted by Gasteiger charge is -2.17. The molecule has 88 valence electrons. The van der Waals surface area contributed by atoms with Gasteiger partial charge in [0, 0.05) is 19.3 Å². The first-order valence-electron chi connectivity index (χ1n) is 4.75. The largest absolute Gasteiger partial charge is 0.263 e. The molecule has 0 aromatic carbocycles. The lowest BCUT2D eigenvalue weighted by Crippen LogP contribution is -2.32. The zero-order valence-electron chi connectivity index (χ0n) is 8.93. The Morgan fingerprint density at radius 3 is 2.81 bits per heavy atom. The molecule has 0 spiro atoms. The summed E-state index contributed by atoms with van der Waals surface area (Å²) in [6.07, 6.45) is 2.69. The normalized spacial score (nSPS) is 11.7. The van der Waals surface area contributed by atoms with Crippen molar-refractivity contribution >= 4 is 10.0 Å². The highest BCUT2D eigenvalue weighted by molar-refractivity contribution is 7.89. The van der Waals surface area contributed by atoms with Gasteiger partial charge in [-0.1, -0.05) is 13.0 Å². The fourth-order valence-electron chi connectivity index (χ4n) is 1.22. The molecule has 1 aromatic rings. The van der Waals surface area contributed by atoms with E-state index in [-0.39, 0.29) is 13.1 Å². The summed E-state index contributed by atoms with van der Waals surface area (Å²) in [4.78, 5) is 3.56. The van der Waals surface area contributed by atoms with Gasteiger partial charge < -0.3 is 0 Å². The molecule has 0 atom stereocenters. The fraction of sp³-hybridized carbons (Fsp3) is 0.300. The molecule has 0 unspecified atom stereocenters. The van der Waals surface area contributed by atoms with Gasteiger partial charge >= 0.3 is 0 Å². The molecule has 1 rings (SSSR count). The molecule has 6 heteroatoms. The summed E-state index contributed by atoms with van der Waals surface area (Å²) in [5.74, 6) is -0.843. The molecule has 1 aromatic heterocycles. The maximum atomic E-state index is 13.3. The zero-order chi connectivity index (χ0) is 12.2. The average Bonchev–Trinajstić information content (AvgIpc) is 2.26. The van der Waals surface area contributed by atoms with E-state index < -0.39 is 20.9 Å². The van der Waals surface area contributed by atoms with Gasteiger partial charge in [-0.05, 0) is 12.1 Å². The Bertz CT molecular complexity index is 473. The Labute approximate surface area is 94.5 Å². The van der Waals surface area contributed by atoms with Crippen LogP contribution in [0.25, 0.3) is 0 Å². The molecule has 0 aliphatic rings. The van der Waals surface area contributed by atoms with Crippen LogP contribution in [0.4, 0.5) is 4.39 Å². The number of rotatable bonds is 5. The first-order valence-corrected chi connectivity index (χ1v) is 6.19. The van der Waals surface area contributed by atoms with Crippen molar-refractivity contribution in [1.29, 1.82) is 0 Å². The Morgan fingerprint density at radius 2 is 2.31 bits per heavy atom. The van der Waals surface area contributed by atoms with Gasteiger partial charge in [0.25, 0.3) is 10.0 Å². The van der Waals surface area contributed by atoms with E-state index in [1.807, 2.05) is 0 Å². The smallest absolute Gasteiger partial charge is 0.241 e. The number of likely N-dealkylation sites (N-methyl/N-ethyl adjacent to an activating group) is 1.